The lowest BCUT2D eigenvalue weighted by Crippen LogP contribution is -1.70. The fraction of sp³-hybridized carbons (Fsp3) is 0.429. The van der Waals surface area contributed by atoms with E-state index in [4.69, 9.17) is 11.5 Å². The summed E-state index contributed by atoms with van der Waals surface area (Å²) in [6, 6.07) is 0. The molecule has 0 heterocycles. The van der Waals surface area contributed by atoms with Gasteiger partial charge in [-0.2, -0.15) is 0 Å². The molecule has 0 unspecified atom stereocenters. The summed E-state index contributed by atoms with van der Waals surface area (Å²) in [7, 11) is 0. The highest BCUT2D eigenvalue weighted by molar-refractivity contribution is 4.89. The molecular weight excluding hydrogens is 100 g/mol. The summed E-state index contributed by atoms with van der Waals surface area (Å²) in [5.41, 5.74) is 0. The van der Waals surface area contributed by atoms with Crippen molar-refractivity contribution in [1.29, 1.82) is 0 Å². The number of unbranched alkanes of at least 4 members (excludes halogenated alkanes) is 1. The molecule has 0 aliphatic rings. The summed E-state index contributed by atoms with van der Waals surface area (Å²) in [6.45, 7) is 0.116. The monoisotopic (exact) mass is 110 g/mol. The third-order valence-electron chi connectivity index (χ3n) is 0.727. The van der Waals surface area contributed by atoms with Gasteiger partial charge in [0, 0.05) is 6.42 Å². The lowest BCUT2D eigenvalue weighted by Gasteiger charge is -1.79. The molecule has 0 saturated carbocycles. The molecule has 1 N–H and O–H groups in total. The molecule has 0 aromatic carbocycles. The highest BCUT2D eigenvalue weighted by Gasteiger charge is 1.71. The van der Waals surface area contributed by atoms with E-state index in [1.165, 1.54) is 0 Å². The molecule has 0 atom stereocenters. The highest BCUT2D eigenvalue weighted by Crippen LogP contribution is 1.86. The third kappa shape index (κ3) is 5.26. The van der Waals surface area contributed by atoms with Gasteiger partial charge < -0.3 is 5.11 Å². The van der Waals surface area contributed by atoms with Gasteiger partial charge in [-0.1, -0.05) is 12.2 Å². The van der Waals surface area contributed by atoms with Crippen LogP contribution in [0.3, 0.4) is 0 Å². The molecule has 0 fully saturated rings. The van der Waals surface area contributed by atoms with Crippen LogP contribution in [0.1, 0.15) is 12.8 Å². The highest BCUT2D eigenvalue weighted by atomic mass is 16.2. The Hall–Kier alpha value is -0.740. The Morgan fingerprint density at radius 2 is 2.25 bits per heavy atom. The Morgan fingerprint density at radius 3 is 2.75 bits per heavy atom. The molecule has 0 aromatic heterocycles. The Bertz CT molecular complexity index is 97.4. The molecule has 44 valence electrons. The van der Waals surface area contributed by atoms with Gasteiger partial charge in [-0.25, -0.2) is 0 Å². The van der Waals surface area contributed by atoms with Gasteiger partial charge >= 0.3 is 0 Å². The zero-order valence-corrected chi connectivity index (χ0v) is 4.80. The molecule has 1 heteroatoms. The number of allylic oxidation sites excluding steroid dienone is 1. The SMILES string of the molecule is C#CCC/C=C\CO. The van der Waals surface area contributed by atoms with E-state index >= 15 is 0 Å². The Kier molecular flexibility index (Phi) is 5.68. The van der Waals surface area contributed by atoms with E-state index in [-0.39, 0.29) is 6.61 Å². The largest absolute Gasteiger partial charge is 0.392 e. The van der Waals surface area contributed by atoms with Crippen LogP contribution in [-0.2, 0) is 0 Å². The van der Waals surface area contributed by atoms with Crippen molar-refractivity contribution in [3.05, 3.63) is 12.2 Å². The molecule has 8 heavy (non-hydrogen) atoms. The van der Waals surface area contributed by atoms with Gasteiger partial charge in [0.25, 0.3) is 0 Å². The number of terminal acetylenes is 1. The zero-order chi connectivity index (χ0) is 6.24. The molecule has 0 rings (SSSR count). The predicted octanol–water partition coefficient (Wildman–Crippen LogP) is 0.948. The summed E-state index contributed by atoms with van der Waals surface area (Å²) < 4.78 is 0. The Morgan fingerprint density at radius 1 is 1.50 bits per heavy atom. The maximum absolute atomic E-state index is 8.23. The van der Waals surface area contributed by atoms with Crippen LogP contribution in [0, 0.1) is 12.3 Å². The van der Waals surface area contributed by atoms with Crippen molar-refractivity contribution in [1.82, 2.24) is 0 Å². The van der Waals surface area contributed by atoms with Crippen molar-refractivity contribution in [2.45, 2.75) is 12.8 Å². The summed E-state index contributed by atoms with van der Waals surface area (Å²) in [5, 5.41) is 8.23. The number of hydrogen-bond donors (Lipinski definition) is 1. The van der Waals surface area contributed by atoms with Crippen LogP contribution in [0.25, 0.3) is 0 Å². The van der Waals surface area contributed by atoms with Crippen molar-refractivity contribution in [3.63, 3.8) is 0 Å². The second-order valence-corrected chi connectivity index (χ2v) is 1.40. The molecule has 0 aliphatic carbocycles. The number of rotatable bonds is 3. The van der Waals surface area contributed by atoms with Crippen molar-refractivity contribution < 1.29 is 5.11 Å². The number of aliphatic hydroxyl groups is 1. The van der Waals surface area contributed by atoms with Gasteiger partial charge in [-0.3, -0.25) is 0 Å². The fourth-order valence-electron chi connectivity index (χ4n) is 0.359. The molecule has 0 spiro atoms. The number of aliphatic hydroxyl groups excluding tert-OH is 1. The second kappa shape index (κ2) is 6.26. The van der Waals surface area contributed by atoms with Gasteiger partial charge in [0.1, 0.15) is 0 Å². The number of hydrogen-bond acceptors (Lipinski definition) is 1. The van der Waals surface area contributed by atoms with Gasteiger partial charge in [0.05, 0.1) is 6.61 Å². The molecule has 0 radical (unpaired) electrons. The maximum Gasteiger partial charge on any atom is 0.0612 e. The second-order valence-electron chi connectivity index (χ2n) is 1.40. The minimum atomic E-state index is 0.116. The molecule has 0 aromatic rings. The molecule has 0 saturated heterocycles. The van der Waals surface area contributed by atoms with Gasteiger partial charge in [-0.05, 0) is 6.42 Å². The molecule has 0 bridgehead atoms. The first-order chi connectivity index (χ1) is 3.91. The predicted molar refractivity (Wildman–Crippen MR) is 34.3 cm³/mol. The fourth-order valence-corrected chi connectivity index (χ4v) is 0.359. The van der Waals surface area contributed by atoms with E-state index in [0.29, 0.717) is 0 Å². The first-order valence-electron chi connectivity index (χ1n) is 2.61. The van der Waals surface area contributed by atoms with Crippen molar-refractivity contribution in [2.75, 3.05) is 6.61 Å². The minimum absolute atomic E-state index is 0.116. The van der Waals surface area contributed by atoms with E-state index in [2.05, 4.69) is 5.92 Å². The summed E-state index contributed by atoms with van der Waals surface area (Å²) in [5.74, 6) is 2.49. The van der Waals surface area contributed by atoms with Crippen LogP contribution < -0.4 is 0 Å². The maximum atomic E-state index is 8.23. The minimum Gasteiger partial charge on any atom is -0.392 e. The van der Waals surface area contributed by atoms with Crippen LogP contribution in [0.15, 0.2) is 12.2 Å². The topological polar surface area (TPSA) is 20.2 Å². The van der Waals surface area contributed by atoms with Crippen molar-refractivity contribution >= 4 is 0 Å². The standard InChI is InChI=1S/C7H10O/c1-2-3-4-5-6-7-8/h1,5-6,8H,3-4,7H2/b6-5-. The van der Waals surface area contributed by atoms with Crippen molar-refractivity contribution in [3.8, 4) is 12.3 Å². The zero-order valence-electron chi connectivity index (χ0n) is 4.80. The summed E-state index contributed by atoms with van der Waals surface area (Å²) in [6.07, 6.45) is 10.2. The van der Waals surface area contributed by atoms with Crippen LogP contribution in [0.5, 0.6) is 0 Å². The lowest BCUT2D eigenvalue weighted by molar-refractivity contribution is 0.342. The van der Waals surface area contributed by atoms with E-state index in [1.54, 1.807) is 6.08 Å². The van der Waals surface area contributed by atoms with Gasteiger partial charge in [-0.15, -0.1) is 12.3 Å². The Balaban J connectivity index is 2.94. The van der Waals surface area contributed by atoms with Crippen LogP contribution in [0.4, 0.5) is 0 Å². The van der Waals surface area contributed by atoms with Crippen LogP contribution >= 0.6 is 0 Å². The molecular formula is C7H10O. The van der Waals surface area contributed by atoms with Crippen LogP contribution in [-0.4, -0.2) is 11.7 Å². The Labute approximate surface area is 50.0 Å². The average Bonchev–Trinajstić information content (AvgIpc) is 1.81. The van der Waals surface area contributed by atoms with Gasteiger partial charge in [0.15, 0.2) is 0 Å². The normalized spacial score (nSPS) is 9.50. The van der Waals surface area contributed by atoms with Crippen LogP contribution in [0.2, 0.25) is 0 Å². The lowest BCUT2D eigenvalue weighted by atomic mass is 10.3. The first-order valence-corrected chi connectivity index (χ1v) is 2.61. The smallest absolute Gasteiger partial charge is 0.0612 e. The van der Waals surface area contributed by atoms with E-state index in [0.717, 1.165) is 12.8 Å². The van der Waals surface area contributed by atoms with E-state index in [1.807, 2.05) is 6.08 Å². The summed E-state index contributed by atoms with van der Waals surface area (Å²) in [4.78, 5) is 0. The average molecular weight is 110 g/mol. The third-order valence-corrected chi connectivity index (χ3v) is 0.727. The van der Waals surface area contributed by atoms with Gasteiger partial charge in [0.2, 0.25) is 0 Å². The molecule has 1 nitrogen and oxygen atoms in total. The van der Waals surface area contributed by atoms with Crippen molar-refractivity contribution in [2.24, 2.45) is 0 Å². The summed E-state index contributed by atoms with van der Waals surface area (Å²) >= 11 is 0. The molecule has 0 aliphatic heterocycles. The van der Waals surface area contributed by atoms with E-state index < -0.39 is 0 Å². The van der Waals surface area contributed by atoms with E-state index in [9.17, 15) is 0 Å². The quantitative estimate of drug-likeness (QED) is 0.326. The first kappa shape index (κ1) is 7.26. The molecule has 0 amide bonds.